The molecule has 26 heavy (non-hydrogen) atoms. The van der Waals surface area contributed by atoms with Gasteiger partial charge in [-0.2, -0.15) is 13.2 Å². The highest BCUT2D eigenvalue weighted by molar-refractivity contribution is 7.93. The number of anilines is 1. The molecule has 0 saturated heterocycles. The fourth-order valence-corrected chi connectivity index (χ4v) is 4.51. The predicted octanol–water partition coefficient (Wildman–Crippen LogP) is 3.96. The van der Waals surface area contributed by atoms with Crippen molar-refractivity contribution in [3.63, 3.8) is 0 Å². The van der Waals surface area contributed by atoms with E-state index in [0.29, 0.717) is 12.8 Å². The van der Waals surface area contributed by atoms with Gasteiger partial charge in [0, 0.05) is 5.69 Å². The Kier molecular flexibility index (Phi) is 5.89. The Morgan fingerprint density at radius 1 is 1.23 bits per heavy atom. The van der Waals surface area contributed by atoms with Gasteiger partial charge in [0.2, 0.25) is 10.0 Å². The summed E-state index contributed by atoms with van der Waals surface area (Å²) in [6.07, 6.45) is -3.15. The fourth-order valence-electron chi connectivity index (χ4n) is 3.02. The molecular formula is C17H22F3NO4S. The Balaban J connectivity index is 2.02. The normalized spacial score (nSPS) is 24.1. The van der Waals surface area contributed by atoms with Crippen LogP contribution in [-0.4, -0.2) is 26.2 Å². The summed E-state index contributed by atoms with van der Waals surface area (Å²) in [7, 11) is -3.76. The van der Waals surface area contributed by atoms with Crippen LogP contribution in [0.25, 0.3) is 0 Å². The summed E-state index contributed by atoms with van der Waals surface area (Å²) in [5.41, 5.74) is -1.46. The number of esters is 1. The van der Waals surface area contributed by atoms with E-state index in [1.54, 1.807) is 13.8 Å². The van der Waals surface area contributed by atoms with E-state index in [1.165, 1.54) is 0 Å². The van der Waals surface area contributed by atoms with Crippen molar-refractivity contribution in [3.05, 3.63) is 29.8 Å². The zero-order valence-corrected chi connectivity index (χ0v) is 15.4. The minimum Gasteiger partial charge on any atom is -0.466 e. The van der Waals surface area contributed by atoms with E-state index in [4.69, 9.17) is 4.74 Å². The summed E-state index contributed by atoms with van der Waals surface area (Å²) < 4.78 is 70.1. The van der Waals surface area contributed by atoms with Gasteiger partial charge in [-0.1, -0.05) is 0 Å². The van der Waals surface area contributed by atoms with E-state index in [9.17, 15) is 26.4 Å². The van der Waals surface area contributed by atoms with Crippen LogP contribution in [0.5, 0.6) is 0 Å². The molecule has 0 aromatic heterocycles. The van der Waals surface area contributed by atoms with Gasteiger partial charge in [0.15, 0.2) is 0 Å². The van der Waals surface area contributed by atoms with Crippen molar-refractivity contribution in [2.24, 2.45) is 5.41 Å². The molecule has 2 rings (SSSR count). The standard InChI is InChI=1S/C17H22F3NO4S/c1-3-25-15(22)16(2)10-8-14(9-11-16)26(23,24)21-13-6-4-12(5-7-13)17(18,19)20/h4-7,14,21H,3,8-11H2,1-2H3. The number of rotatable bonds is 5. The van der Waals surface area contributed by atoms with Crippen LogP contribution in [0.2, 0.25) is 0 Å². The number of ether oxygens (including phenoxy) is 1. The molecule has 1 fully saturated rings. The summed E-state index contributed by atoms with van der Waals surface area (Å²) in [6.45, 7) is 3.74. The van der Waals surface area contributed by atoms with E-state index in [1.807, 2.05) is 0 Å². The lowest BCUT2D eigenvalue weighted by molar-refractivity contribution is -0.156. The van der Waals surface area contributed by atoms with Gasteiger partial charge in [-0.3, -0.25) is 9.52 Å². The molecule has 1 N–H and O–H groups in total. The van der Waals surface area contributed by atoms with E-state index in [-0.39, 0.29) is 31.1 Å². The topological polar surface area (TPSA) is 72.5 Å². The molecule has 0 amide bonds. The van der Waals surface area contributed by atoms with E-state index >= 15 is 0 Å². The first kappa shape index (κ1) is 20.5. The van der Waals surface area contributed by atoms with E-state index < -0.39 is 32.4 Å². The third-order valence-corrected chi connectivity index (χ3v) is 6.58. The predicted molar refractivity (Wildman–Crippen MR) is 91.0 cm³/mol. The Morgan fingerprint density at radius 2 is 1.77 bits per heavy atom. The first-order valence-electron chi connectivity index (χ1n) is 8.34. The van der Waals surface area contributed by atoms with Crippen molar-refractivity contribution in [2.75, 3.05) is 11.3 Å². The maximum atomic E-state index is 12.6. The minimum atomic E-state index is -4.47. The third-order valence-electron chi connectivity index (χ3n) is 4.72. The Bertz CT molecular complexity index is 736. The summed E-state index contributed by atoms with van der Waals surface area (Å²) in [4.78, 5) is 12.0. The van der Waals surface area contributed by atoms with E-state index in [2.05, 4.69) is 4.72 Å². The Labute approximate surface area is 151 Å². The van der Waals surface area contributed by atoms with Crippen molar-refractivity contribution < 1.29 is 31.1 Å². The fraction of sp³-hybridized carbons (Fsp3) is 0.588. The van der Waals surface area contributed by atoms with Crippen LogP contribution >= 0.6 is 0 Å². The van der Waals surface area contributed by atoms with E-state index in [0.717, 1.165) is 24.3 Å². The van der Waals surface area contributed by atoms with Gasteiger partial charge in [0.1, 0.15) is 0 Å². The van der Waals surface area contributed by atoms with Crippen molar-refractivity contribution in [2.45, 2.75) is 51.0 Å². The lowest BCUT2D eigenvalue weighted by Gasteiger charge is -2.34. The van der Waals surface area contributed by atoms with Crippen LogP contribution in [0, 0.1) is 5.41 Å². The van der Waals surface area contributed by atoms with Crippen LogP contribution in [0.15, 0.2) is 24.3 Å². The average molecular weight is 393 g/mol. The Morgan fingerprint density at radius 3 is 2.23 bits per heavy atom. The zero-order valence-electron chi connectivity index (χ0n) is 14.6. The zero-order chi connectivity index (χ0) is 19.6. The molecule has 1 aromatic carbocycles. The van der Waals surface area contributed by atoms with Crippen molar-refractivity contribution in [1.29, 1.82) is 0 Å². The molecule has 146 valence electrons. The smallest absolute Gasteiger partial charge is 0.416 e. The molecule has 0 spiro atoms. The first-order valence-corrected chi connectivity index (χ1v) is 9.89. The molecule has 1 aromatic rings. The summed E-state index contributed by atoms with van der Waals surface area (Å²) in [5, 5.41) is -0.702. The first-order chi connectivity index (χ1) is 12.0. The molecule has 9 heteroatoms. The number of sulfonamides is 1. The van der Waals surface area contributed by atoms with Crippen LogP contribution in [0.1, 0.15) is 45.1 Å². The quantitative estimate of drug-likeness (QED) is 0.769. The summed E-state index contributed by atoms with van der Waals surface area (Å²) in [6, 6.07) is 3.84. The van der Waals surface area contributed by atoms with Crippen LogP contribution < -0.4 is 4.72 Å². The average Bonchev–Trinajstić information content (AvgIpc) is 2.55. The van der Waals surface area contributed by atoms with Crippen molar-refractivity contribution in [1.82, 2.24) is 0 Å². The van der Waals surface area contributed by atoms with Gasteiger partial charge in [-0.05, 0) is 63.8 Å². The highest BCUT2D eigenvalue weighted by Crippen LogP contribution is 2.39. The molecule has 0 atom stereocenters. The second kappa shape index (κ2) is 7.46. The highest BCUT2D eigenvalue weighted by atomic mass is 32.2. The maximum Gasteiger partial charge on any atom is 0.416 e. The van der Waals surface area contributed by atoms with Gasteiger partial charge in [-0.15, -0.1) is 0 Å². The number of carbonyl (C=O) groups excluding carboxylic acids is 1. The molecule has 1 aliphatic carbocycles. The molecule has 0 radical (unpaired) electrons. The molecule has 1 aliphatic rings. The lowest BCUT2D eigenvalue weighted by atomic mass is 9.75. The molecule has 0 unspecified atom stereocenters. The number of hydrogen-bond donors (Lipinski definition) is 1. The number of hydrogen-bond acceptors (Lipinski definition) is 4. The molecule has 0 aliphatic heterocycles. The number of benzene rings is 1. The van der Waals surface area contributed by atoms with Crippen LogP contribution in [0.4, 0.5) is 18.9 Å². The third kappa shape index (κ3) is 4.69. The Hall–Kier alpha value is -1.77. The summed E-state index contributed by atoms with van der Waals surface area (Å²) in [5.74, 6) is -0.327. The lowest BCUT2D eigenvalue weighted by Crippen LogP contribution is -2.39. The van der Waals surface area contributed by atoms with Gasteiger partial charge in [-0.25, -0.2) is 8.42 Å². The number of alkyl halides is 3. The number of carbonyl (C=O) groups is 1. The van der Waals surface area contributed by atoms with Gasteiger partial charge < -0.3 is 4.74 Å². The second-order valence-electron chi connectivity index (χ2n) is 6.70. The minimum absolute atomic E-state index is 0.0803. The molecule has 1 saturated carbocycles. The molecular weight excluding hydrogens is 371 g/mol. The van der Waals surface area contributed by atoms with Crippen LogP contribution in [0.3, 0.4) is 0 Å². The largest absolute Gasteiger partial charge is 0.466 e. The highest BCUT2D eigenvalue weighted by Gasteiger charge is 2.42. The van der Waals surface area contributed by atoms with Gasteiger partial charge in [0.25, 0.3) is 0 Å². The molecule has 0 heterocycles. The number of nitrogens with one attached hydrogen (secondary N) is 1. The summed E-state index contributed by atoms with van der Waals surface area (Å²) >= 11 is 0. The second-order valence-corrected chi connectivity index (χ2v) is 8.66. The number of halogens is 3. The molecule has 5 nitrogen and oxygen atoms in total. The monoisotopic (exact) mass is 393 g/mol. The van der Waals surface area contributed by atoms with Crippen molar-refractivity contribution >= 4 is 21.7 Å². The van der Waals surface area contributed by atoms with Gasteiger partial charge >= 0.3 is 12.1 Å². The molecule has 0 bridgehead atoms. The van der Waals surface area contributed by atoms with Crippen LogP contribution in [-0.2, 0) is 25.7 Å². The van der Waals surface area contributed by atoms with Crippen molar-refractivity contribution in [3.8, 4) is 0 Å². The SMILES string of the molecule is CCOC(=O)C1(C)CCC(S(=O)(=O)Nc2ccc(C(F)(F)F)cc2)CC1. The van der Waals surface area contributed by atoms with Gasteiger partial charge in [0.05, 0.1) is 22.8 Å². The maximum absolute atomic E-state index is 12.6.